The second-order valence-corrected chi connectivity index (χ2v) is 5.97. The third kappa shape index (κ3) is 3.54. The third-order valence-corrected chi connectivity index (χ3v) is 3.85. The van der Waals surface area contributed by atoms with Crippen LogP contribution in [0.2, 0.25) is 0 Å². The Balaban J connectivity index is 2.25. The van der Waals surface area contributed by atoms with E-state index in [-0.39, 0.29) is 11.2 Å². The van der Waals surface area contributed by atoms with Gasteiger partial charge in [0, 0.05) is 24.2 Å². The first-order valence-corrected chi connectivity index (χ1v) is 7.29. The molecule has 3 heteroatoms. The van der Waals surface area contributed by atoms with Crippen molar-refractivity contribution in [2.24, 2.45) is 0 Å². The van der Waals surface area contributed by atoms with E-state index in [1.807, 2.05) is 43.3 Å². The summed E-state index contributed by atoms with van der Waals surface area (Å²) in [5.41, 5.74) is 8.27. The Labute approximate surface area is 126 Å². The van der Waals surface area contributed by atoms with Gasteiger partial charge in [0.2, 0.25) is 0 Å². The molecule has 2 N–H and O–H groups in total. The first-order chi connectivity index (χ1) is 9.94. The Hall–Kier alpha value is -2.03. The maximum atomic E-state index is 14.0. The van der Waals surface area contributed by atoms with Crippen LogP contribution in [0, 0.1) is 5.82 Å². The molecule has 2 aromatic rings. The monoisotopic (exact) mass is 286 g/mol. The molecule has 0 bridgehead atoms. The molecule has 21 heavy (non-hydrogen) atoms. The summed E-state index contributed by atoms with van der Waals surface area (Å²) in [4.78, 5) is 2.08. The topological polar surface area (TPSA) is 29.3 Å². The van der Waals surface area contributed by atoms with E-state index in [0.717, 1.165) is 18.8 Å². The number of anilines is 2. The number of hydrogen-bond donors (Lipinski definition) is 1. The summed E-state index contributed by atoms with van der Waals surface area (Å²) >= 11 is 0. The predicted molar refractivity (Wildman–Crippen MR) is 88.2 cm³/mol. The van der Waals surface area contributed by atoms with Gasteiger partial charge >= 0.3 is 0 Å². The van der Waals surface area contributed by atoms with Crippen molar-refractivity contribution in [1.82, 2.24) is 0 Å². The molecule has 0 amide bonds. The van der Waals surface area contributed by atoms with Crippen LogP contribution in [0.1, 0.15) is 26.3 Å². The normalized spacial score (nSPS) is 11.4. The number of hydrogen-bond acceptors (Lipinski definition) is 2. The summed E-state index contributed by atoms with van der Waals surface area (Å²) in [6.07, 6.45) is 0. The van der Waals surface area contributed by atoms with Crippen LogP contribution in [0.15, 0.2) is 48.5 Å². The zero-order chi connectivity index (χ0) is 15.5. The number of nitrogen functional groups attached to an aromatic ring is 1. The molecule has 0 fully saturated rings. The average molecular weight is 286 g/mol. The van der Waals surface area contributed by atoms with Crippen molar-refractivity contribution in [1.29, 1.82) is 0 Å². The lowest BCUT2D eigenvalue weighted by atomic mass is 9.84. The van der Waals surface area contributed by atoms with E-state index >= 15 is 0 Å². The van der Waals surface area contributed by atoms with Crippen molar-refractivity contribution in [3.63, 3.8) is 0 Å². The summed E-state index contributed by atoms with van der Waals surface area (Å²) in [6.45, 7) is 7.89. The van der Waals surface area contributed by atoms with E-state index in [9.17, 15) is 4.39 Å². The molecule has 0 saturated carbocycles. The van der Waals surface area contributed by atoms with E-state index in [1.54, 1.807) is 6.07 Å². The largest absolute Gasteiger partial charge is 0.399 e. The van der Waals surface area contributed by atoms with Crippen LogP contribution in [0.3, 0.4) is 0 Å². The number of nitrogens with zero attached hydrogens (tertiary/aromatic N) is 1. The van der Waals surface area contributed by atoms with Gasteiger partial charge < -0.3 is 10.6 Å². The maximum absolute atomic E-state index is 14.0. The molecule has 2 rings (SSSR count). The molecule has 0 radical (unpaired) electrons. The summed E-state index contributed by atoms with van der Waals surface area (Å²) in [5, 5.41) is 0. The highest BCUT2D eigenvalue weighted by molar-refractivity contribution is 5.49. The Kier molecular flexibility index (Phi) is 4.51. The first-order valence-electron chi connectivity index (χ1n) is 7.29. The van der Waals surface area contributed by atoms with Crippen molar-refractivity contribution >= 4 is 11.4 Å². The predicted octanol–water partition coefficient (Wildman–Crippen LogP) is 4.21. The van der Waals surface area contributed by atoms with Gasteiger partial charge in [0.1, 0.15) is 5.82 Å². The minimum absolute atomic E-state index is 0.0913. The molecule has 112 valence electrons. The van der Waals surface area contributed by atoms with E-state index in [4.69, 9.17) is 5.73 Å². The molecule has 0 spiro atoms. The fourth-order valence-electron chi connectivity index (χ4n) is 2.58. The molecular weight excluding hydrogens is 263 g/mol. The van der Waals surface area contributed by atoms with E-state index < -0.39 is 0 Å². The smallest absolute Gasteiger partial charge is 0.146 e. The molecule has 0 unspecified atom stereocenters. The number of rotatable bonds is 5. The molecule has 0 aliphatic carbocycles. The Morgan fingerprint density at radius 2 is 1.67 bits per heavy atom. The van der Waals surface area contributed by atoms with E-state index in [2.05, 4.69) is 18.7 Å². The zero-order valence-electron chi connectivity index (χ0n) is 12.9. The Morgan fingerprint density at radius 3 is 2.24 bits per heavy atom. The molecule has 0 aliphatic heterocycles. The van der Waals surface area contributed by atoms with Crippen molar-refractivity contribution < 1.29 is 4.39 Å². The first kappa shape index (κ1) is 15.4. The molecule has 0 heterocycles. The molecule has 0 aromatic heterocycles. The lowest BCUT2D eigenvalue weighted by molar-refractivity contribution is 0.507. The number of benzene rings is 2. The Morgan fingerprint density at radius 1 is 1.05 bits per heavy atom. The molecule has 0 atom stereocenters. The van der Waals surface area contributed by atoms with Crippen LogP contribution >= 0.6 is 0 Å². The minimum atomic E-state index is -0.174. The lowest BCUT2D eigenvalue weighted by Crippen LogP contribution is -2.37. The summed E-state index contributed by atoms with van der Waals surface area (Å²) < 4.78 is 14.0. The van der Waals surface area contributed by atoms with Crippen molar-refractivity contribution in [2.45, 2.75) is 26.2 Å². The number of para-hydroxylation sites is 1. The second-order valence-electron chi connectivity index (χ2n) is 5.97. The van der Waals surface area contributed by atoms with E-state index in [1.165, 1.54) is 11.6 Å². The van der Waals surface area contributed by atoms with Crippen LogP contribution in [0.4, 0.5) is 15.8 Å². The highest BCUT2D eigenvalue weighted by Crippen LogP contribution is 2.28. The molecule has 0 aliphatic rings. The summed E-state index contributed by atoms with van der Waals surface area (Å²) in [5.74, 6) is -0.174. The van der Waals surface area contributed by atoms with Crippen LogP contribution in [-0.2, 0) is 5.41 Å². The lowest BCUT2D eigenvalue weighted by Gasteiger charge is -2.34. The van der Waals surface area contributed by atoms with Gasteiger partial charge in [0.25, 0.3) is 0 Å². The van der Waals surface area contributed by atoms with Gasteiger partial charge in [-0.1, -0.05) is 38.1 Å². The van der Waals surface area contributed by atoms with Crippen LogP contribution in [0.25, 0.3) is 0 Å². The number of likely N-dealkylation sites (N-methyl/N-ethyl adjacent to an activating group) is 1. The quantitative estimate of drug-likeness (QED) is 0.834. The third-order valence-electron chi connectivity index (χ3n) is 3.85. The number of nitrogens with two attached hydrogens (primary N) is 1. The highest BCUT2D eigenvalue weighted by atomic mass is 19.1. The molecule has 0 saturated heterocycles. The second kappa shape index (κ2) is 6.17. The van der Waals surface area contributed by atoms with Crippen molar-refractivity contribution in [2.75, 3.05) is 23.7 Å². The van der Waals surface area contributed by atoms with Gasteiger partial charge in [0.15, 0.2) is 0 Å². The fourth-order valence-corrected chi connectivity index (χ4v) is 2.58. The number of halogens is 1. The zero-order valence-corrected chi connectivity index (χ0v) is 12.9. The van der Waals surface area contributed by atoms with Gasteiger partial charge in [-0.3, -0.25) is 0 Å². The Bertz CT molecular complexity index is 590. The van der Waals surface area contributed by atoms with Crippen molar-refractivity contribution in [3.05, 3.63) is 59.9 Å². The summed E-state index contributed by atoms with van der Waals surface area (Å²) in [6, 6.07) is 14.9. The molecular formula is C18H23FN2. The van der Waals surface area contributed by atoms with Crippen molar-refractivity contribution in [3.8, 4) is 0 Å². The van der Waals surface area contributed by atoms with Crippen LogP contribution < -0.4 is 10.6 Å². The summed E-state index contributed by atoms with van der Waals surface area (Å²) in [7, 11) is 0. The highest BCUT2D eigenvalue weighted by Gasteiger charge is 2.24. The fraction of sp³-hybridized carbons (Fsp3) is 0.333. The van der Waals surface area contributed by atoms with E-state index in [0.29, 0.717) is 5.69 Å². The van der Waals surface area contributed by atoms with Gasteiger partial charge in [-0.2, -0.15) is 0 Å². The molecule has 2 aromatic carbocycles. The molecule has 2 nitrogen and oxygen atoms in total. The van der Waals surface area contributed by atoms with Gasteiger partial charge in [-0.05, 0) is 36.8 Å². The minimum Gasteiger partial charge on any atom is -0.399 e. The van der Waals surface area contributed by atoms with Gasteiger partial charge in [-0.25, -0.2) is 4.39 Å². The van der Waals surface area contributed by atoms with Gasteiger partial charge in [0.05, 0.1) is 5.69 Å². The van der Waals surface area contributed by atoms with Crippen LogP contribution in [0.5, 0.6) is 0 Å². The average Bonchev–Trinajstić information content (AvgIpc) is 2.46. The van der Waals surface area contributed by atoms with Gasteiger partial charge in [-0.15, -0.1) is 0 Å². The standard InChI is InChI=1S/C18H23FN2/c1-4-21(17-8-6-5-7-16(17)19)13-18(2,3)14-9-11-15(20)12-10-14/h5-12H,4,13,20H2,1-3H3. The SMILES string of the molecule is CCN(CC(C)(C)c1ccc(N)cc1)c1ccccc1F. The maximum Gasteiger partial charge on any atom is 0.146 e. The van der Waals surface area contributed by atoms with Crippen LogP contribution in [-0.4, -0.2) is 13.1 Å².